The van der Waals surface area contributed by atoms with E-state index in [-0.39, 0.29) is 5.56 Å². The van der Waals surface area contributed by atoms with Gasteiger partial charge in [0.2, 0.25) is 0 Å². The lowest BCUT2D eigenvalue weighted by atomic mass is 10.2. The predicted octanol–water partition coefficient (Wildman–Crippen LogP) is 3.15. The van der Waals surface area contributed by atoms with Gasteiger partial charge in [0.15, 0.2) is 11.5 Å². The molecule has 1 aromatic heterocycles. The highest BCUT2D eigenvalue weighted by Crippen LogP contribution is 2.28. The van der Waals surface area contributed by atoms with E-state index >= 15 is 0 Å². The van der Waals surface area contributed by atoms with Gasteiger partial charge < -0.3 is 14.4 Å². The maximum absolute atomic E-state index is 13.0. The summed E-state index contributed by atoms with van der Waals surface area (Å²) >= 11 is 0. The molecule has 3 aromatic rings. The van der Waals surface area contributed by atoms with Crippen molar-refractivity contribution in [2.75, 3.05) is 34.9 Å². The normalized spacial score (nSPS) is 11.5. The fourth-order valence-electron chi connectivity index (χ4n) is 2.96. The van der Waals surface area contributed by atoms with Gasteiger partial charge in [-0.2, -0.15) is 0 Å². The molecule has 0 saturated carbocycles. The summed E-state index contributed by atoms with van der Waals surface area (Å²) < 4.78 is 12.4. The SMILES string of the molecule is COc1ccc(/C=C/c2nc3ccccc3c(=O)n2CCN(C)C)cc1OC. The average molecular weight is 379 g/mol. The van der Waals surface area contributed by atoms with Crippen molar-refractivity contribution >= 4 is 23.1 Å². The minimum Gasteiger partial charge on any atom is -0.493 e. The lowest BCUT2D eigenvalue weighted by molar-refractivity contribution is 0.355. The molecule has 0 amide bonds. The van der Waals surface area contributed by atoms with Gasteiger partial charge in [-0.15, -0.1) is 0 Å². The van der Waals surface area contributed by atoms with Crippen LogP contribution >= 0.6 is 0 Å². The third-order valence-corrected chi connectivity index (χ3v) is 4.49. The summed E-state index contributed by atoms with van der Waals surface area (Å²) in [6, 6.07) is 13.1. The number of para-hydroxylation sites is 1. The molecule has 0 bridgehead atoms. The molecule has 0 unspecified atom stereocenters. The monoisotopic (exact) mass is 379 g/mol. The van der Waals surface area contributed by atoms with Gasteiger partial charge in [0.05, 0.1) is 25.1 Å². The zero-order valence-corrected chi connectivity index (χ0v) is 16.7. The number of aromatic nitrogens is 2. The standard InChI is InChI=1S/C22H25N3O3/c1-24(2)13-14-25-21(23-18-8-6-5-7-17(18)22(25)26)12-10-16-9-11-19(27-3)20(15-16)28-4/h5-12,15H,13-14H2,1-4H3/b12-10+. The van der Waals surface area contributed by atoms with Gasteiger partial charge in [0.25, 0.3) is 5.56 Å². The van der Waals surface area contributed by atoms with E-state index in [1.807, 2.05) is 73.6 Å². The van der Waals surface area contributed by atoms with E-state index < -0.39 is 0 Å². The molecule has 2 aromatic carbocycles. The van der Waals surface area contributed by atoms with E-state index in [2.05, 4.69) is 0 Å². The van der Waals surface area contributed by atoms with Crippen molar-refractivity contribution in [2.45, 2.75) is 6.54 Å². The third-order valence-electron chi connectivity index (χ3n) is 4.49. The summed E-state index contributed by atoms with van der Waals surface area (Å²) in [5, 5.41) is 0.629. The number of ether oxygens (including phenoxy) is 2. The van der Waals surface area contributed by atoms with Crippen molar-refractivity contribution in [1.82, 2.24) is 14.5 Å². The van der Waals surface area contributed by atoms with E-state index in [9.17, 15) is 4.79 Å². The number of hydrogen-bond donors (Lipinski definition) is 0. The van der Waals surface area contributed by atoms with Gasteiger partial charge in [-0.1, -0.05) is 24.3 Å². The first-order chi connectivity index (χ1) is 13.5. The Bertz CT molecular complexity index is 1050. The van der Waals surface area contributed by atoms with Crippen LogP contribution in [0.1, 0.15) is 11.4 Å². The second-order valence-corrected chi connectivity index (χ2v) is 6.69. The van der Waals surface area contributed by atoms with Gasteiger partial charge in [0, 0.05) is 13.1 Å². The van der Waals surface area contributed by atoms with Crippen LogP contribution in [0, 0.1) is 0 Å². The van der Waals surface area contributed by atoms with Crippen LogP contribution in [-0.2, 0) is 6.54 Å². The number of rotatable bonds is 7. The highest BCUT2D eigenvalue weighted by atomic mass is 16.5. The Morgan fingerprint density at radius 3 is 2.50 bits per heavy atom. The molecule has 0 N–H and O–H groups in total. The van der Waals surface area contributed by atoms with Gasteiger partial charge in [-0.3, -0.25) is 9.36 Å². The van der Waals surface area contributed by atoms with Crippen LogP contribution in [0.15, 0.2) is 47.3 Å². The summed E-state index contributed by atoms with van der Waals surface area (Å²) in [6.45, 7) is 1.31. The molecule has 0 spiro atoms. The van der Waals surface area contributed by atoms with Gasteiger partial charge in [-0.25, -0.2) is 4.98 Å². The van der Waals surface area contributed by atoms with Gasteiger partial charge in [-0.05, 0) is 50.0 Å². The molecule has 6 heteroatoms. The molecule has 0 aliphatic heterocycles. The van der Waals surface area contributed by atoms with Crippen LogP contribution in [0.2, 0.25) is 0 Å². The van der Waals surface area contributed by atoms with E-state index in [1.165, 1.54) is 0 Å². The van der Waals surface area contributed by atoms with Gasteiger partial charge in [0.1, 0.15) is 5.82 Å². The maximum atomic E-state index is 13.0. The Morgan fingerprint density at radius 2 is 1.79 bits per heavy atom. The van der Waals surface area contributed by atoms with Crippen molar-refractivity contribution in [1.29, 1.82) is 0 Å². The molecule has 1 heterocycles. The van der Waals surface area contributed by atoms with E-state index in [0.717, 1.165) is 12.1 Å². The first-order valence-electron chi connectivity index (χ1n) is 9.08. The molecule has 0 saturated heterocycles. The van der Waals surface area contributed by atoms with Crippen LogP contribution in [0.3, 0.4) is 0 Å². The third kappa shape index (κ3) is 4.23. The lowest BCUT2D eigenvalue weighted by Gasteiger charge is -2.14. The minimum absolute atomic E-state index is 0.0283. The Hall–Kier alpha value is -3.12. The van der Waals surface area contributed by atoms with Crippen LogP contribution in [0.5, 0.6) is 11.5 Å². The molecule has 146 valence electrons. The highest BCUT2D eigenvalue weighted by molar-refractivity contribution is 5.79. The van der Waals surface area contributed by atoms with Gasteiger partial charge >= 0.3 is 0 Å². The van der Waals surface area contributed by atoms with Crippen LogP contribution in [0.4, 0.5) is 0 Å². The predicted molar refractivity (Wildman–Crippen MR) is 113 cm³/mol. The van der Waals surface area contributed by atoms with Crippen molar-refractivity contribution < 1.29 is 9.47 Å². The lowest BCUT2D eigenvalue weighted by Crippen LogP contribution is -2.29. The largest absolute Gasteiger partial charge is 0.493 e. The van der Waals surface area contributed by atoms with E-state index in [1.54, 1.807) is 18.8 Å². The molecule has 6 nitrogen and oxygen atoms in total. The van der Waals surface area contributed by atoms with E-state index in [0.29, 0.717) is 34.8 Å². The summed E-state index contributed by atoms with van der Waals surface area (Å²) in [5.74, 6) is 1.95. The number of fused-ring (bicyclic) bond motifs is 1. The highest BCUT2D eigenvalue weighted by Gasteiger charge is 2.09. The second-order valence-electron chi connectivity index (χ2n) is 6.69. The number of likely N-dealkylation sites (N-methyl/N-ethyl adjacent to an activating group) is 1. The van der Waals surface area contributed by atoms with Crippen molar-refractivity contribution in [3.63, 3.8) is 0 Å². The van der Waals surface area contributed by atoms with Crippen LogP contribution in [0.25, 0.3) is 23.1 Å². The number of methoxy groups -OCH3 is 2. The summed E-state index contributed by atoms with van der Waals surface area (Å²) in [7, 11) is 7.18. The summed E-state index contributed by atoms with van der Waals surface area (Å²) in [5.41, 5.74) is 1.60. The first kappa shape index (κ1) is 19.6. The molecular formula is C22H25N3O3. The molecule has 0 radical (unpaired) electrons. The van der Waals surface area contributed by atoms with Crippen LogP contribution < -0.4 is 15.0 Å². The Labute approximate surface area is 164 Å². The van der Waals surface area contributed by atoms with Crippen LogP contribution in [-0.4, -0.2) is 49.3 Å². The number of nitrogens with zero attached hydrogens (tertiary/aromatic N) is 3. The number of benzene rings is 2. The molecule has 0 atom stereocenters. The smallest absolute Gasteiger partial charge is 0.261 e. The Morgan fingerprint density at radius 1 is 1.04 bits per heavy atom. The van der Waals surface area contributed by atoms with Crippen molar-refractivity contribution in [3.8, 4) is 11.5 Å². The Kier molecular flexibility index (Phi) is 6.11. The first-order valence-corrected chi connectivity index (χ1v) is 9.08. The molecule has 0 fully saturated rings. The molecule has 3 rings (SSSR count). The summed E-state index contributed by atoms with van der Waals surface area (Å²) in [6.07, 6.45) is 3.79. The molecule has 28 heavy (non-hydrogen) atoms. The molecule has 0 aliphatic carbocycles. The number of hydrogen-bond acceptors (Lipinski definition) is 5. The van der Waals surface area contributed by atoms with Crippen molar-refractivity contribution in [2.24, 2.45) is 0 Å². The topological polar surface area (TPSA) is 56.6 Å². The zero-order chi connectivity index (χ0) is 20.1. The van der Waals surface area contributed by atoms with Crippen molar-refractivity contribution in [3.05, 3.63) is 64.2 Å². The summed E-state index contributed by atoms with van der Waals surface area (Å²) in [4.78, 5) is 19.7. The molecule has 0 aliphatic rings. The fraction of sp³-hybridized carbons (Fsp3) is 0.273. The molecular weight excluding hydrogens is 354 g/mol. The second kappa shape index (κ2) is 8.71. The quantitative estimate of drug-likeness (QED) is 0.631. The van der Waals surface area contributed by atoms with E-state index in [4.69, 9.17) is 14.5 Å². The average Bonchev–Trinajstić information content (AvgIpc) is 2.71. The maximum Gasteiger partial charge on any atom is 0.261 e. The fourth-order valence-corrected chi connectivity index (χ4v) is 2.96. The minimum atomic E-state index is -0.0283. The Balaban J connectivity index is 2.04. The zero-order valence-electron chi connectivity index (χ0n) is 16.7.